The molecule has 1 aliphatic carbocycles. The van der Waals surface area contributed by atoms with Crippen molar-refractivity contribution in [3.05, 3.63) is 23.8 Å². The monoisotopic (exact) mass is 277 g/mol. The summed E-state index contributed by atoms with van der Waals surface area (Å²) in [6, 6.07) is 0. The second kappa shape index (κ2) is 5.98. The third-order valence-electron chi connectivity index (χ3n) is 3.87. The van der Waals surface area contributed by atoms with Crippen LogP contribution in [0.15, 0.2) is 12.4 Å². The van der Waals surface area contributed by atoms with E-state index in [9.17, 15) is 14.7 Å². The van der Waals surface area contributed by atoms with Gasteiger partial charge in [0.25, 0.3) is 5.91 Å². The lowest BCUT2D eigenvalue weighted by atomic mass is 9.74. The molecule has 1 aromatic rings. The second-order valence-electron chi connectivity index (χ2n) is 5.37. The summed E-state index contributed by atoms with van der Waals surface area (Å²) in [6.07, 6.45) is 7.00. The van der Waals surface area contributed by atoms with Crippen LogP contribution in [0.25, 0.3) is 0 Å². The fraction of sp³-hybridized carbons (Fsp3) is 0.571. The average molecular weight is 277 g/mol. The van der Waals surface area contributed by atoms with E-state index in [1.165, 1.54) is 12.4 Å². The van der Waals surface area contributed by atoms with E-state index in [1.807, 2.05) is 0 Å². The molecule has 2 N–H and O–H groups in total. The number of aryl methyl sites for hydroxylation is 1. The number of nitrogens with one attached hydrogen (secondary N) is 1. The van der Waals surface area contributed by atoms with Gasteiger partial charge in [0.15, 0.2) is 0 Å². The van der Waals surface area contributed by atoms with Crippen LogP contribution in [0.5, 0.6) is 0 Å². The van der Waals surface area contributed by atoms with Gasteiger partial charge < -0.3 is 10.4 Å². The third-order valence-corrected chi connectivity index (χ3v) is 3.87. The van der Waals surface area contributed by atoms with Gasteiger partial charge in [0.1, 0.15) is 5.69 Å². The number of carbonyl (C=O) groups is 2. The number of nitrogens with zero attached hydrogens (tertiary/aromatic N) is 2. The minimum atomic E-state index is -0.827. The molecule has 1 saturated carbocycles. The molecule has 108 valence electrons. The summed E-state index contributed by atoms with van der Waals surface area (Å²) in [7, 11) is 0. The van der Waals surface area contributed by atoms with Crippen LogP contribution >= 0.6 is 0 Å². The van der Waals surface area contributed by atoms with Gasteiger partial charge in [-0.05, 0) is 19.8 Å². The van der Waals surface area contributed by atoms with E-state index in [0.29, 0.717) is 12.8 Å². The lowest BCUT2D eigenvalue weighted by molar-refractivity contribution is -0.150. The summed E-state index contributed by atoms with van der Waals surface area (Å²) in [5, 5.41) is 12.1. The first-order valence-electron chi connectivity index (χ1n) is 6.84. The Hall–Kier alpha value is -1.98. The van der Waals surface area contributed by atoms with E-state index in [4.69, 9.17) is 0 Å². The summed E-state index contributed by atoms with van der Waals surface area (Å²) in [5.74, 6) is -1.20. The van der Waals surface area contributed by atoms with Crippen molar-refractivity contribution in [1.29, 1.82) is 0 Å². The smallest absolute Gasteiger partial charge is 0.311 e. The van der Waals surface area contributed by atoms with Gasteiger partial charge in [-0.25, -0.2) is 4.98 Å². The number of carbonyl (C=O) groups excluding carboxylic acids is 1. The maximum atomic E-state index is 12.0. The molecule has 0 saturated heterocycles. The SMILES string of the molecule is Cc1cnc(C(=O)NCC2(C(=O)O)CCCCC2)cn1. The standard InChI is InChI=1S/C14H19N3O3/c1-10-7-16-11(8-15-10)12(18)17-9-14(13(19)20)5-3-2-4-6-14/h7-8H,2-6,9H2,1H3,(H,17,18)(H,19,20). The number of carboxylic acid groups (broad SMARTS) is 1. The molecule has 2 rings (SSSR count). The molecule has 1 aromatic heterocycles. The highest BCUT2D eigenvalue weighted by Crippen LogP contribution is 2.36. The molecule has 1 amide bonds. The largest absolute Gasteiger partial charge is 0.481 e. The topological polar surface area (TPSA) is 92.2 Å². The number of aromatic nitrogens is 2. The number of rotatable bonds is 4. The maximum absolute atomic E-state index is 12.0. The Morgan fingerprint density at radius 2 is 1.95 bits per heavy atom. The van der Waals surface area contributed by atoms with Crippen molar-refractivity contribution in [3.8, 4) is 0 Å². The van der Waals surface area contributed by atoms with Gasteiger partial charge in [0.05, 0.1) is 17.3 Å². The first-order chi connectivity index (χ1) is 9.53. The Kier molecular flexibility index (Phi) is 4.32. The van der Waals surface area contributed by atoms with E-state index >= 15 is 0 Å². The highest BCUT2D eigenvalue weighted by Gasteiger charge is 2.39. The number of amides is 1. The lowest BCUT2D eigenvalue weighted by Gasteiger charge is -2.33. The second-order valence-corrected chi connectivity index (χ2v) is 5.37. The zero-order valence-corrected chi connectivity index (χ0v) is 11.6. The molecule has 1 heterocycles. The Morgan fingerprint density at radius 3 is 2.50 bits per heavy atom. The molecule has 20 heavy (non-hydrogen) atoms. The molecule has 0 atom stereocenters. The van der Waals surface area contributed by atoms with Gasteiger partial charge in [-0.3, -0.25) is 14.6 Å². The molecule has 0 spiro atoms. The molecule has 6 heteroatoms. The highest BCUT2D eigenvalue weighted by atomic mass is 16.4. The van der Waals surface area contributed by atoms with Crippen LogP contribution in [0.4, 0.5) is 0 Å². The Labute approximate surface area is 117 Å². The fourth-order valence-electron chi connectivity index (χ4n) is 2.54. The number of aliphatic carboxylic acids is 1. The molecule has 0 unspecified atom stereocenters. The van der Waals surface area contributed by atoms with Crippen molar-refractivity contribution in [3.63, 3.8) is 0 Å². The molecular weight excluding hydrogens is 258 g/mol. The van der Waals surface area contributed by atoms with Gasteiger partial charge in [-0.1, -0.05) is 19.3 Å². The van der Waals surface area contributed by atoms with Crippen molar-refractivity contribution in [2.24, 2.45) is 5.41 Å². The van der Waals surface area contributed by atoms with Crippen LogP contribution in [-0.2, 0) is 4.79 Å². The van der Waals surface area contributed by atoms with Gasteiger partial charge >= 0.3 is 5.97 Å². The van der Waals surface area contributed by atoms with Crippen LogP contribution in [0.1, 0.15) is 48.3 Å². The minimum absolute atomic E-state index is 0.150. The molecule has 0 radical (unpaired) electrons. The molecule has 1 aliphatic rings. The summed E-state index contributed by atoms with van der Waals surface area (Å²) in [4.78, 5) is 31.4. The average Bonchev–Trinajstić information content (AvgIpc) is 2.46. The van der Waals surface area contributed by atoms with Gasteiger partial charge in [0, 0.05) is 12.7 Å². The molecule has 0 aliphatic heterocycles. The van der Waals surface area contributed by atoms with Gasteiger partial charge in [-0.15, -0.1) is 0 Å². The fourth-order valence-corrected chi connectivity index (χ4v) is 2.54. The Morgan fingerprint density at radius 1 is 1.25 bits per heavy atom. The summed E-state index contributed by atoms with van der Waals surface area (Å²) in [5.41, 5.74) is 0.120. The number of hydrogen-bond donors (Lipinski definition) is 2. The van der Waals surface area contributed by atoms with Crippen molar-refractivity contribution in [1.82, 2.24) is 15.3 Å². The molecule has 0 bridgehead atoms. The van der Waals surface area contributed by atoms with Crippen LogP contribution in [0, 0.1) is 12.3 Å². The summed E-state index contributed by atoms with van der Waals surface area (Å²) < 4.78 is 0. The maximum Gasteiger partial charge on any atom is 0.311 e. The van der Waals surface area contributed by atoms with E-state index in [-0.39, 0.29) is 18.1 Å². The van der Waals surface area contributed by atoms with E-state index in [1.54, 1.807) is 6.92 Å². The Balaban J connectivity index is 2.00. The van der Waals surface area contributed by atoms with Crippen molar-refractivity contribution in [2.45, 2.75) is 39.0 Å². The zero-order valence-electron chi connectivity index (χ0n) is 11.6. The van der Waals surface area contributed by atoms with E-state index in [0.717, 1.165) is 25.0 Å². The summed E-state index contributed by atoms with van der Waals surface area (Å²) in [6.45, 7) is 1.94. The van der Waals surface area contributed by atoms with E-state index < -0.39 is 11.4 Å². The van der Waals surface area contributed by atoms with Crippen LogP contribution in [0.2, 0.25) is 0 Å². The predicted octanol–water partition coefficient (Wildman–Crippen LogP) is 1.55. The number of hydrogen-bond acceptors (Lipinski definition) is 4. The van der Waals surface area contributed by atoms with E-state index in [2.05, 4.69) is 15.3 Å². The van der Waals surface area contributed by atoms with Crippen LogP contribution in [-0.4, -0.2) is 33.5 Å². The van der Waals surface area contributed by atoms with Crippen LogP contribution < -0.4 is 5.32 Å². The van der Waals surface area contributed by atoms with Crippen molar-refractivity contribution in [2.75, 3.05) is 6.54 Å². The predicted molar refractivity (Wildman–Crippen MR) is 72.3 cm³/mol. The van der Waals surface area contributed by atoms with Gasteiger partial charge in [0.2, 0.25) is 0 Å². The molecule has 1 fully saturated rings. The third kappa shape index (κ3) is 3.12. The number of carboxylic acids is 1. The molecular formula is C14H19N3O3. The minimum Gasteiger partial charge on any atom is -0.481 e. The zero-order chi connectivity index (χ0) is 14.6. The summed E-state index contributed by atoms with van der Waals surface area (Å²) >= 11 is 0. The highest BCUT2D eigenvalue weighted by molar-refractivity contribution is 5.92. The van der Waals surface area contributed by atoms with Crippen LogP contribution in [0.3, 0.4) is 0 Å². The Bertz CT molecular complexity index is 493. The van der Waals surface area contributed by atoms with Crippen molar-refractivity contribution >= 4 is 11.9 Å². The normalized spacial score (nSPS) is 17.4. The molecule has 6 nitrogen and oxygen atoms in total. The first-order valence-corrected chi connectivity index (χ1v) is 6.84. The van der Waals surface area contributed by atoms with Crippen molar-refractivity contribution < 1.29 is 14.7 Å². The lowest BCUT2D eigenvalue weighted by Crippen LogP contribution is -2.44. The van der Waals surface area contributed by atoms with Gasteiger partial charge in [-0.2, -0.15) is 0 Å². The quantitative estimate of drug-likeness (QED) is 0.871. The first kappa shape index (κ1) is 14.4. The molecule has 0 aromatic carbocycles.